The van der Waals surface area contributed by atoms with Crippen molar-refractivity contribution in [2.24, 2.45) is 0 Å². The van der Waals surface area contributed by atoms with Crippen LogP contribution in [0.1, 0.15) is 34.0 Å². The molecule has 170 valence electrons. The Morgan fingerprint density at radius 2 is 1.70 bits per heavy atom. The summed E-state index contributed by atoms with van der Waals surface area (Å²) >= 11 is 0. The number of benzene rings is 3. The third-order valence-corrected chi connectivity index (χ3v) is 5.73. The van der Waals surface area contributed by atoms with E-state index >= 15 is 0 Å². The molecule has 1 N–H and O–H groups in total. The quantitative estimate of drug-likeness (QED) is 0.528. The summed E-state index contributed by atoms with van der Waals surface area (Å²) in [7, 11) is 0. The van der Waals surface area contributed by atoms with Crippen molar-refractivity contribution in [3.8, 4) is 5.75 Å². The molecule has 0 fully saturated rings. The van der Waals surface area contributed by atoms with E-state index in [1.54, 1.807) is 6.92 Å². The lowest BCUT2D eigenvalue weighted by atomic mass is 9.99. The second-order valence-electron chi connectivity index (χ2n) is 7.90. The van der Waals surface area contributed by atoms with E-state index in [9.17, 15) is 14.7 Å². The molecule has 0 saturated carbocycles. The van der Waals surface area contributed by atoms with Crippen LogP contribution < -0.4 is 9.64 Å². The molecule has 1 atom stereocenters. The third-order valence-electron chi connectivity index (χ3n) is 5.73. The van der Waals surface area contributed by atoms with Crippen molar-refractivity contribution in [1.29, 1.82) is 0 Å². The number of carbonyl (C=O) groups excluding carboxylic acids is 1. The van der Waals surface area contributed by atoms with Gasteiger partial charge >= 0.3 is 5.97 Å². The molecule has 1 unspecified atom stereocenters. The van der Waals surface area contributed by atoms with Crippen LogP contribution >= 0.6 is 0 Å². The minimum absolute atomic E-state index is 0.0481. The average Bonchev–Trinajstić information content (AvgIpc) is 2.95. The minimum Gasteiger partial charge on any atom is -0.492 e. The van der Waals surface area contributed by atoms with Crippen LogP contribution in [0.15, 0.2) is 72.8 Å². The second-order valence-corrected chi connectivity index (χ2v) is 7.90. The van der Waals surface area contributed by atoms with Gasteiger partial charge in [0.25, 0.3) is 0 Å². The summed E-state index contributed by atoms with van der Waals surface area (Å²) in [6.45, 7) is 3.83. The zero-order valence-electron chi connectivity index (χ0n) is 18.6. The van der Waals surface area contributed by atoms with Crippen molar-refractivity contribution in [3.05, 3.63) is 95.1 Å². The highest BCUT2D eigenvalue weighted by Gasteiger charge is 2.24. The molecule has 0 spiro atoms. The molecule has 0 bridgehead atoms. The second kappa shape index (κ2) is 10.3. The maximum absolute atomic E-state index is 13.1. The van der Waals surface area contributed by atoms with Gasteiger partial charge in [0.15, 0.2) is 11.9 Å². The van der Waals surface area contributed by atoms with E-state index < -0.39 is 12.1 Å². The highest BCUT2D eigenvalue weighted by Crippen LogP contribution is 2.30. The molecular formula is C27H27NO5. The Balaban J connectivity index is 1.42. The number of nitrogens with zero attached hydrogens (tertiary/aromatic N) is 1. The number of carboxylic acids is 1. The van der Waals surface area contributed by atoms with Crippen LogP contribution in [0, 0.1) is 0 Å². The molecule has 4 rings (SSSR count). The van der Waals surface area contributed by atoms with Crippen LogP contribution in [0.25, 0.3) is 0 Å². The van der Waals surface area contributed by atoms with E-state index in [1.165, 1.54) is 0 Å². The molecule has 0 saturated heterocycles. The minimum atomic E-state index is -0.963. The molecular weight excluding hydrogens is 418 g/mol. The van der Waals surface area contributed by atoms with Crippen molar-refractivity contribution in [2.75, 3.05) is 24.7 Å². The average molecular weight is 446 g/mol. The maximum Gasteiger partial charge on any atom is 0.333 e. The van der Waals surface area contributed by atoms with E-state index in [0.717, 1.165) is 22.4 Å². The highest BCUT2D eigenvalue weighted by molar-refractivity contribution is 6.14. The number of hydrogen-bond donors (Lipinski definition) is 1. The van der Waals surface area contributed by atoms with E-state index in [1.807, 2.05) is 72.8 Å². The molecule has 1 heterocycles. The molecule has 6 nitrogen and oxygen atoms in total. The zero-order chi connectivity index (χ0) is 23.2. The normalized spacial score (nSPS) is 13.6. The number of hydrogen-bond acceptors (Lipinski definition) is 5. The molecule has 0 aromatic heterocycles. The summed E-state index contributed by atoms with van der Waals surface area (Å²) in [5.41, 5.74) is 4.24. The molecule has 6 heteroatoms. The first-order valence-electron chi connectivity index (χ1n) is 11.1. The van der Waals surface area contributed by atoms with E-state index in [2.05, 4.69) is 4.90 Å². The first-order chi connectivity index (χ1) is 16.1. The van der Waals surface area contributed by atoms with Crippen molar-refractivity contribution in [2.45, 2.75) is 26.0 Å². The highest BCUT2D eigenvalue weighted by atomic mass is 16.5. The van der Waals surface area contributed by atoms with Crippen LogP contribution in [-0.4, -0.2) is 42.7 Å². The molecule has 3 aromatic rings. The summed E-state index contributed by atoms with van der Waals surface area (Å²) < 4.78 is 11.2. The van der Waals surface area contributed by atoms with Crippen molar-refractivity contribution in [1.82, 2.24) is 0 Å². The molecule has 0 aliphatic carbocycles. The zero-order valence-corrected chi connectivity index (χ0v) is 18.6. The fourth-order valence-electron chi connectivity index (χ4n) is 4.08. The summed E-state index contributed by atoms with van der Waals surface area (Å²) in [5.74, 6) is -0.205. The van der Waals surface area contributed by atoms with Crippen LogP contribution in [0.2, 0.25) is 0 Å². The molecule has 3 aromatic carbocycles. The van der Waals surface area contributed by atoms with E-state index in [4.69, 9.17) is 9.47 Å². The van der Waals surface area contributed by atoms with Gasteiger partial charge in [0.2, 0.25) is 0 Å². The number of para-hydroxylation sites is 1. The third kappa shape index (κ3) is 5.23. The number of ether oxygens (including phenoxy) is 2. The van der Waals surface area contributed by atoms with Gasteiger partial charge in [-0.1, -0.05) is 48.5 Å². The van der Waals surface area contributed by atoms with Crippen LogP contribution in [0.5, 0.6) is 5.75 Å². The number of anilines is 1. The fourth-order valence-corrected chi connectivity index (χ4v) is 4.08. The topological polar surface area (TPSA) is 76.1 Å². The summed E-state index contributed by atoms with van der Waals surface area (Å²) in [4.78, 5) is 26.5. The van der Waals surface area contributed by atoms with Gasteiger partial charge in [-0.25, -0.2) is 4.79 Å². The number of aliphatic carboxylic acids is 1. The van der Waals surface area contributed by atoms with Crippen molar-refractivity contribution >= 4 is 17.4 Å². The van der Waals surface area contributed by atoms with Crippen LogP contribution in [-0.2, 0) is 22.5 Å². The molecule has 1 aliphatic heterocycles. The van der Waals surface area contributed by atoms with Gasteiger partial charge in [-0.3, -0.25) is 4.79 Å². The van der Waals surface area contributed by atoms with Crippen LogP contribution in [0.3, 0.4) is 0 Å². The lowest BCUT2D eigenvalue weighted by Crippen LogP contribution is -2.28. The Morgan fingerprint density at radius 1 is 1.00 bits per heavy atom. The largest absolute Gasteiger partial charge is 0.492 e. The van der Waals surface area contributed by atoms with Gasteiger partial charge in [0.1, 0.15) is 12.4 Å². The number of carboxylic acid groups (broad SMARTS) is 1. The Labute approximate surface area is 193 Å². The predicted molar refractivity (Wildman–Crippen MR) is 126 cm³/mol. The molecule has 1 aliphatic rings. The lowest BCUT2D eigenvalue weighted by molar-refractivity contribution is -0.149. The smallest absolute Gasteiger partial charge is 0.333 e. The summed E-state index contributed by atoms with van der Waals surface area (Å²) in [5, 5.41) is 9.25. The summed E-state index contributed by atoms with van der Waals surface area (Å²) in [6.07, 6.45) is -0.544. The number of rotatable bonds is 9. The van der Waals surface area contributed by atoms with Gasteiger partial charge < -0.3 is 19.5 Å². The molecule has 0 radical (unpaired) electrons. The van der Waals surface area contributed by atoms with Crippen molar-refractivity contribution < 1.29 is 24.2 Å². The molecule has 33 heavy (non-hydrogen) atoms. The van der Waals surface area contributed by atoms with Gasteiger partial charge in [0.05, 0.1) is 6.54 Å². The van der Waals surface area contributed by atoms with Gasteiger partial charge in [-0.2, -0.15) is 0 Å². The standard InChI is InChI=1S/C27H27NO5/c1-2-32-25(27(30)31)17-19-11-13-21(14-12-19)33-16-15-28-18-20-7-3-4-8-22(20)26(29)23-9-5-6-10-24(23)28/h3-14,25H,2,15-18H2,1H3,(H,30,31). The first-order valence-corrected chi connectivity index (χ1v) is 11.1. The maximum atomic E-state index is 13.1. The van der Waals surface area contributed by atoms with Crippen molar-refractivity contribution in [3.63, 3.8) is 0 Å². The molecule has 0 amide bonds. The monoisotopic (exact) mass is 445 g/mol. The Morgan fingerprint density at radius 3 is 2.42 bits per heavy atom. The fraction of sp³-hybridized carbons (Fsp3) is 0.259. The van der Waals surface area contributed by atoms with Gasteiger partial charge in [-0.05, 0) is 42.3 Å². The predicted octanol–water partition coefficient (Wildman–Crippen LogP) is 4.35. The lowest BCUT2D eigenvalue weighted by Gasteiger charge is -2.25. The Hall–Kier alpha value is -3.64. The van der Waals surface area contributed by atoms with Gasteiger partial charge in [-0.15, -0.1) is 0 Å². The first kappa shape index (κ1) is 22.6. The van der Waals surface area contributed by atoms with Crippen LogP contribution in [0.4, 0.5) is 5.69 Å². The SMILES string of the molecule is CCOC(Cc1ccc(OCCN2Cc3ccccc3C(=O)c3ccccc32)cc1)C(=O)O. The number of fused-ring (bicyclic) bond motifs is 2. The van der Waals surface area contributed by atoms with Gasteiger partial charge in [0, 0.05) is 36.4 Å². The van der Waals surface area contributed by atoms with E-state index in [0.29, 0.717) is 44.0 Å². The Bertz CT molecular complexity index is 1130. The number of ketones is 1. The number of carbonyl (C=O) groups is 2. The Kier molecular flexibility index (Phi) is 7.05. The summed E-state index contributed by atoms with van der Waals surface area (Å²) in [6, 6.07) is 22.8. The van der Waals surface area contributed by atoms with E-state index in [-0.39, 0.29) is 5.78 Å².